The Labute approximate surface area is 184 Å². The molecule has 3 aromatic rings. The maximum absolute atomic E-state index is 13.2. The van der Waals surface area contributed by atoms with E-state index in [9.17, 15) is 9.59 Å². The van der Waals surface area contributed by atoms with E-state index in [0.717, 1.165) is 6.42 Å². The summed E-state index contributed by atoms with van der Waals surface area (Å²) in [6.07, 6.45) is 7.52. The number of aryl methyl sites for hydroxylation is 1. The zero-order valence-electron chi connectivity index (χ0n) is 18.2. The largest absolute Gasteiger partial charge is 0.376 e. The highest BCUT2D eigenvalue weighted by atomic mass is 16.5. The number of nitrogens with two attached hydrogens (primary N) is 1. The van der Waals surface area contributed by atoms with Gasteiger partial charge in [-0.25, -0.2) is 18.9 Å². The van der Waals surface area contributed by atoms with Crippen molar-refractivity contribution < 1.29 is 4.74 Å². The maximum Gasteiger partial charge on any atom is 0.353 e. The lowest BCUT2D eigenvalue weighted by molar-refractivity contribution is 0.0759. The smallest absolute Gasteiger partial charge is 0.353 e. The average molecular weight is 435 g/mol. The van der Waals surface area contributed by atoms with E-state index >= 15 is 0 Å². The quantitative estimate of drug-likeness (QED) is 0.595. The van der Waals surface area contributed by atoms with Crippen LogP contribution in [0.25, 0.3) is 22.3 Å². The topological polar surface area (TPSA) is 109 Å². The van der Waals surface area contributed by atoms with E-state index in [1.807, 2.05) is 0 Å². The summed E-state index contributed by atoms with van der Waals surface area (Å²) in [7, 11) is 1.66. The second kappa shape index (κ2) is 8.43. The predicted molar refractivity (Wildman–Crippen MR) is 124 cm³/mol. The minimum atomic E-state index is -0.391. The van der Waals surface area contributed by atoms with Gasteiger partial charge in [-0.1, -0.05) is 38.3 Å². The number of allylic oxidation sites excluding steroid dienone is 4. The summed E-state index contributed by atoms with van der Waals surface area (Å²) in [4.78, 5) is 29.7. The summed E-state index contributed by atoms with van der Waals surface area (Å²) in [6, 6.07) is 3.14. The molecule has 1 saturated heterocycles. The van der Waals surface area contributed by atoms with Gasteiger partial charge in [-0.05, 0) is 18.4 Å². The number of anilines is 1. The third-order valence-corrected chi connectivity index (χ3v) is 5.81. The van der Waals surface area contributed by atoms with E-state index < -0.39 is 5.69 Å². The minimum absolute atomic E-state index is 0.0111. The Kier molecular flexibility index (Phi) is 5.67. The van der Waals surface area contributed by atoms with Crippen molar-refractivity contribution in [1.29, 1.82) is 0 Å². The first-order chi connectivity index (χ1) is 15.3. The van der Waals surface area contributed by atoms with Gasteiger partial charge in [0, 0.05) is 37.1 Å². The molecule has 1 fully saturated rings. The molecule has 2 atom stereocenters. The Bertz CT molecular complexity index is 1360. The van der Waals surface area contributed by atoms with Gasteiger partial charge in [0.15, 0.2) is 5.65 Å². The molecular formula is C23H26N6O3. The molecule has 0 saturated carbocycles. The Hall–Kier alpha value is -3.72. The number of nitrogens with zero attached hydrogens (tertiary/aromatic N) is 5. The van der Waals surface area contributed by atoms with Crippen LogP contribution in [0.4, 0.5) is 5.95 Å². The van der Waals surface area contributed by atoms with Crippen molar-refractivity contribution in [2.24, 2.45) is 13.0 Å². The Morgan fingerprint density at radius 3 is 2.75 bits per heavy atom. The molecule has 0 amide bonds. The molecular weight excluding hydrogens is 408 g/mol. The molecule has 4 heterocycles. The molecule has 0 radical (unpaired) electrons. The van der Waals surface area contributed by atoms with Gasteiger partial charge in [0.2, 0.25) is 11.5 Å². The van der Waals surface area contributed by atoms with E-state index in [-0.39, 0.29) is 17.6 Å². The van der Waals surface area contributed by atoms with E-state index in [1.54, 1.807) is 37.5 Å². The van der Waals surface area contributed by atoms with Crippen LogP contribution in [0.5, 0.6) is 0 Å². The maximum atomic E-state index is 13.2. The summed E-state index contributed by atoms with van der Waals surface area (Å²) in [6.45, 7) is 10.7. The third-order valence-electron chi connectivity index (χ3n) is 5.81. The highest BCUT2D eigenvalue weighted by molar-refractivity contribution is 5.91. The van der Waals surface area contributed by atoms with Gasteiger partial charge in [-0.2, -0.15) is 0 Å². The van der Waals surface area contributed by atoms with Crippen LogP contribution >= 0.6 is 0 Å². The standard InChI is InChI=1S/C23H26N6O3/c1-5-7-15(6-2)20-19(16-8-9-18(30)27(4)12-16)21-26-28(13-17-14(3)10-11-32-17)23(31)29(21)22(24)25-20/h5-9,12,14,17H,1-2,10-11,13H2,3-4H3,(H2,24,25)/b15-7+/t14?,17-/m0/s1. The van der Waals surface area contributed by atoms with Crippen LogP contribution in [0.3, 0.4) is 0 Å². The molecule has 0 spiro atoms. The van der Waals surface area contributed by atoms with Crippen LogP contribution in [0.15, 0.2) is 59.3 Å². The van der Waals surface area contributed by atoms with Crippen molar-refractivity contribution in [3.8, 4) is 11.1 Å². The first kappa shape index (κ1) is 21.5. The molecule has 0 aromatic carbocycles. The highest BCUT2D eigenvalue weighted by Crippen LogP contribution is 2.32. The van der Waals surface area contributed by atoms with Crippen molar-refractivity contribution >= 4 is 17.2 Å². The predicted octanol–water partition coefficient (Wildman–Crippen LogP) is 2.02. The van der Waals surface area contributed by atoms with Gasteiger partial charge in [-0.3, -0.25) is 4.79 Å². The van der Waals surface area contributed by atoms with Crippen LogP contribution in [0.1, 0.15) is 19.0 Å². The zero-order valence-corrected chi connectivity index (χ0v) is 18.2. The van der Waals surface area contributed by atoms with Crippen LogP contribution in [0.2, 0.25) is 0 Å². The molecule has 1 aliphatic heterocycles. The van der Waals surface area contributed by atoms with Crippen molar-refractivity contribution in [2.75, 3.05) is 12.3 Å². The number of hydrogen-bond donors (Lipinski definition) is 1. The first-order valence-electron chi connectivity index (χ1n) is 10.4. The molecule has 1 unspecified atom stereocenters. The van der Waals surface area contributed by atoms with Gasteiger partial charge >= 0.3 is 5.69 Å². The number of hydrogen-bond acceptors (Lipinski definition) is 6. The highest BCUT2D eigenvalue weighted by Gasteiger charge is 2.28. The van der Waals surface area contributed by atoms with Gasteiger partial charge < -0.3 is 15.0 Å². The number of ether oxygens (including phenoxy) is 1. The average Bonchev–Trinajstić information content (AvgIpc) is 3.32. The van der Waals surface area contributed by atoms with Crippen molar-refractivity contribution in [3.05, 3.63) is 76.2 Å². The van der Waals surface area contributed by atoms with Gasteiger partial charge in [0.1, 0.15) is 0 Å². The second-order valence-corrected chi connectivity index (χ2v) is 7.92. The van der Waals surface area contributed by atoms with Crippen molar-refractivity contribution in [1.82, 2.24) is 23.7 Å². The number of pyridine rings is 1. The molecule has 2 N–H and O–H groups in total. The second-order valence-electron chi connectivity index (χ2n) is 7.92. The van der Waals surface area contributed by atoms with Gasteiger partial charge in [0.05, 0.1) is 23.9 Å². The van der Waals surface area contributed by atoms with Gasteiger partial charge in [-0.15, -0.1) is 5.10 Å². The molecule has 9 nitrogen and oxygen atoms in total. The minimum Gasteiger partial charge on any atom is -0.376 e. The summed E-state index contributed by atoms with van der Waals surface area (Å²) in [5.74, 6) is 0.334. The van der Waals surface area contributed by atoms with Crippen LogP contribution in [0, 0.1) is 5.92 Å². The molecule has 4 rings (SSSR count). The van der Waals surface area contributed by atoms with E-state index in [1.165, 1.54) is 19.7 Å². The number of aromatic nitrogens is 5. The Balaban J connectivity index is 2.03. The molecule has 9 heteroatoms. The first-order valence-corrected chi connectivity index (χ1v) is 10.4. The molecule has 32 heavy (non-hydrogen) atoms. The number of fused-ring (bicyclic) bond motifs is 1. The summed E-state index contributed by atoms with van der Waals surface area (Å²) in [5.41, 5.74) is 8.41. The fourth-order valence-electron chi connectivity index (χ4n) is 3.97. The lowest BCUT2D eigenvalue weighted by Crippen LogP contribution is -2.30. The molecule has 0 bridgehead atoms. The summed E-state index contributed by atoms with van der Waals surface area (Å²) in [5, 5.41) is 4.63. The third kappa shape index (κ3) is 3.60. The van der Waals surface area contributed by atoms with E-state index in [4.69, 9.17) is 10.5 Å². The Morgan fingerprint density at radius 2 is 2.12 bits per heavy atom. The Morgan fingerprint density at radius 1 is 1.34 bits per heavy atom. The van der Waals surface area contributed by atoms with Crippen LogP contribution in [-0.2, 0) is 18.3 Å². The monoisotopic (exact) mass is 434 g/mol. The molecule has 3 aromatic heterocycles. The lowest BCUT2D eigenvalue weighted by Gasteiger charge is -2.13. The fourth-order valence-corrected chi connectivity index (χ4v) is 3.97. The molecule has 166 valence electrons. The van der Waals surface area contributed by atoms with Crippen molar-refractivity contribution in [2.45, 2.75) is 26.0 Å². The molecule has 1 aliphatic rings. The van der Waals surface area contributed by atoms with E-state index in [2.05, 4.69) is 30.2 Å². The fraction of sp³-hybridized carbons (Fsp3) is 0.304. The van der Waals surface area contributed by atoms with Gasteiger partial charge in [0.25, 0.3) is 0 Å². The number of nitrogen functional groups attached to an aromatic ring is 1. The van der Waals surface area contributed by atoms with Crippen molar-refractivity contribution in [3.63, 3.8) is 0 Å². The summed E-state index contributed by atoms with van der Waals surface area (Å²) < 4.78 is 9.90. The van der Waals surface area contributed by atoms with Crippen LogP contribution in [-0.4, -0.2) is 36.4 Å². The summed E-state index contributed by atoms with van der Waals surface area (Å²) >= 11 is 0. The normalized spacial score (nSPS) is 18.9. The lowest BCUT2D eigenvalue weighted by atomic mass is 10.0. The number of rotatable bonds is 6. The SMILES string of the molecule is C=C/C=C(\C=C)c1nc(N)n2c(=O)n(C[C@@H]3OCCC3C)nc2c1-c1ccc(=O)n(C)c1. The van der Waals surface area contributed by atoms with Crippen LogP contribution < -0.4 is 17.0 Å². The molecule has 0 aliphatic carbocycles. The van der Waals surface area contributed by atoms with E-state index in [0.29, 0.717) is 47.1 Å². The zero-order chi connectivity index (χ0) is 23.0.